The van der Waals surface area contributed by atoms with Crippen LogP contribution < -0.4 is 14.1 Å². The predicted molar refractivity (Wildman–Crippen MR) is 168 cm³/mol. The van der Waals surface area contributed by atoms with Crippen LogP contribution in [0.25, 0.3) is 11.0 Å². The minimum absolute atomic E-state index is 0.244. The number of sulfonamides is 1. The molecule has 1 saturated heterocycles. The monoisotopic (exact) mass is 576 g/mol. The average Bonchev–Trinajstić information content (AvgIpc) is 3.41. The van der Waals surface area contributed by atoms with Crippen molar-refractivity contribution in [3.05, 3.63) is 120 Å². The smallest absolute Gasteiger partial charge is 0.264 e. The van der Waals surface area contributed by atoms with E-state index in [0.29, 0.717) is 29.8 Å². The van der Waals surface area contributed by atoms with Crippen LogP contribution in [0.5, 0.6) is 0 Å². The standard InChI is InChI=1S/C34H32N4O3S/c1-26-25-41-34-16-15-30(23-31(26)34)42(39,40)38(18-17-27-7-3-2-4-8-27)33-10-6-5-9-32(33)37-21-19-36(20-22-37)29-13-11-28(24-35)12-14-29/h2-16,23,25H,17-22H2,1H3. The molecule has 8 heteroatoms. The van der Waals surface area contributed by atoms with Gasteiger partial charge in [0.15, 0.2) is 0 Å². The number of rotatable bonds is 8. The van der Waals surface area contributed by atoms with E-state index in [1.165, 1.54) is 0 Å². The van der Waals surface area contributed by atoms with Gasteiger partial charge in [0.25, 0.3) is 10.0 Å². The highest BCUT2D eigenvalue weighted by molar-refractivity contribution is 7.92. The van der Waals surface area contributed by atoms with Gasteiger partial charge in [-0.25, -0.2) is 8.42 Å². The number of piperazine rings is 1. The van der Waals surface area contributed by atoms with E-state index in [1.807, 2.05) is 85.8 Å². The molecule has 1 fully saturated rings. The first-order valence-electron chi connectivity index (χ1n) is 14.1. The third kappa shape index (κ3) is 5.44. The first-order chi connectivity index (χ1) is 20.4. The van der Waals surface area contributed by atoms with Crippen molar-refractivity contribution in [1.82, 2.24) is 0 Å². The Kier molecular flexibility index (Phi) is 7.60. The molecule has 212 valence electrons. The lowest BCUT2D eigenvalue weighted by Crippen LogP contribution is -2.47. The van der Waals surface area contributed by atoms with Gasteiger partial charge >= 0.3 is 0 Å². The zero-order valence-electron chi connectivity index (χ0n) is 23.5. The Morgan fingerprint density at radius 1 is 0.857 bits per heavy atom. The second-order valence-corrected chi connectivity index (χ2v) is 12.4. The Hall–Kier alpha value is -4.74. The van der Waals surface area contributed by atoms with Crippen molar-refractivity contribution in [3.63, 3.8) is 0 Å². The molecular formula is C34H32N4O3S. The molecular weight excluding hydrogens is 544 g/mol. The molecule has 0 unspecified atom stereocenters. The van der Waals surface area contributed by atoms with E-state index in [1.54, 1.807) is 28.8 Å². The highest BCUT2D eigenvalue weighted by Gasteiger charge is 2.29. The normalized spacial score (nSPS) is 13.7. The molecule has 6 rings (SSSR count). The van der Waals surface area contributed by atoms with Crippen LogP contribution in [0.2, 0.25) is 0 Å². The second-order valence-electron chi connectivity index (χ2n) is 10.5. The molecule has 1 aromatic heterocycles. The molecule has 0 N–H and O–H groups in total. The van der Waals surface area contributed by atoms with E-state index in [0.717, 1.165) is 54.1 Å². The van der Waals surface area contributed by atoms with Gasteiger partial charge in [-0.2, -0.15) is 5.26 Å². The summed E-state index contributed by atoms with van der Waals surface area (Å²) in [5, 5.41) is 9.93. The Bertz CT molecular complexity index is 1840. The maximum Gasteiger partial charge on any atom is 0.264 e. The highest BCUT2D eigenvalue weighted by Crippen LogP contribution is 2.35. The Morgan fingerprint density at radius 2 is 1.55 bits per heavy atom. The average molecular weight is 577 g/mol. The summed E-state index contributed by atoms with van der Waals surface area (Å²) in [5.41, 5.74) is 5.94. The van der Waals surface area contributed by atoms with Crippen LogP contribution in [-0.2, 0) is 16.4 Å². The minimum Gasteiger partial charge on any atom is -0.464 e. The Morgan fingerprint density at radius 3 is 2.29 bits per heavy atom. The summed E-state index contributed by atoms with van der Waals surface area (Å²) in [6.07, 6.45) is 2.23. The van der Waals surface area contributed by atoms with Crippen LogP contribution in [0.4, 0.5) is 17.1 Å². The fourth-order valence-electron chi connectivity index (χ4n) is 5.56. The molecule has 0 saturated carbocycles. The van der Waals surface area contributed by atoms with Crippen LogP contribution in [0, 0.1) is 18.3 Å². The fourth-order valence-corrected chi connectivity index (χ4v) is 7.07. The van der Waals surface area contributed by atoms with Crippen molar-refractivity contribution < 1.29 is 12.8 Å². The molecule has 0 amide bonds. The van der Waals surface area contributed by atoms with Crippen molar-refractivity contribution >= 4 is 38.1 Å². The summed E-state index contributed by atoms with van der Waals surface area (Å²) >= 11 is 0. The number of aryl methyl sites for hydroxylation is 1. The zero-order valence-corrected chi connectivity index (χ0v) is 24.3. The maximum absolute atomic E-state index is 14.4. The van der Waals surface area contributed by atoms with E-state index in [2.05, 4.69) is 15.9 Å². The van der Waals surface area contributed by atoms with Gasteiger partial charge in [0, 0.05) is 43.8 Å². The molecule has 1 aliphatic rings. The number of nitrogens with zero attached hydrogens (tertiary/aromatic N) is 4. The molecule has 5 aromatic rings. The number of benzene rings is 4. The molecule has 2 heterocycles. The molecule has 0 bridgehead atoms. The quantitative estimate of drug-likeness (QED) is 0.213. The first kappa shape index (κ1) is 27.4. The molecule has 0 atom stereocenters. The first-order valence-corrected chi connectivity index (χ1v) is 15.5. The van der Waals surface area contributed by atoms with Gasteiger partial charge in [0.1, 0.15) is 5.58 Å². The molecule has 0 spiro atoms. The summed E-state index contributed by atoms with van der Waals surface area (Å²) in [4.78, 5) is 4.81. The number of fused-ring (bicyclic) bond motifs is 1. The summed E-state index contributed by atoms with van der Waals surface area (Å²) < 4.78 is 36.0. The molecule has 7 nitrogen and oxygen atoms in total. The second kappa shape index (κ2) is 11.6. The zero-order chi connectivity index (χ0) is 29.1. The number of nitriles is 1. The summed E-state index contributed by atoms with van der Waals surface area (Å²) in [7, 11) is -3.90. The Balaban J connectivity index is 1.32. The van der Waals surface area contributed by atoms with Gasteiger partial charge in [-0.3, -0.25) is 4.31 Å². The number of hydrogen-bond acceptors (Lipinski definition) is 6. The number of para-hydroxylation sites is 2. The van der Waals surface area contributed by atoms with Gasteiger partial charge in [-0.15, -0.1) is 0 Å². The third-order valence-corrected chi connectivity index (χ3v) is 9.71. The van der Waals surface area contributed by atoms with Crippen LogP contribution in [-0.4, -0.2) is 41.1 Å². The van der Waals surface area contributed by atoms with Crippen molar-refractivity contribution in [2.24, 2.45) is 0 Å². The Labute approximate surface area is 246 Å². The van der Waals surface area contributed by atoms with E-state index >= 15 is 0 Å². The van der Waals surface area contributed by atoms with E-state index in [4.69, 9.17) is 9.68 Å². The fraction of sp³-hybridized carbons (Fsp3) is 0.206. The lowest BCUT2D eigenvalue weighted by atomic mass is 10.1. The summed E-state index contributed by atoms with van der Waals surface area (Å²) in [6, 6.07) is 32.7. The van der Waals surface area contributed by atoms with E-state index < -0.39 is 10.0 Å². The van der Waals surface area contributed by atoms with Crippen molar-refractivity contribution in [2.45, 2.75) is 18.2 Å². The summed E-state index contributed by atoms with van der Waals surface area (Å²) in [5.74, 6) is 0. The molecule has 0 aliphatic carbocycles. The van der Waals surface area contributed by atoms with E-state index in [-0.39, 0.29) is 4.90 Å². The molecule has 4 aromatic carbocycles. The van der Waals surface area contributed by atoms with Gasteiger partial charge < -0.3 is 14.2 Å². The topological polar surface area (TPSA) is 80.8 Å². The maximum atomic E-state index is 14.4. The largest absolute Gasteiger partial charge is 0.464 e. The number of anilines is 3. The SMILES string of the molecule is Cc1coc2ccc(S(=O)(=O)N(CCc3ccccc3)c3ccccc3N3CCN(c4ccc(C#N)cc4)CC3)cc12. The van der Waals surface area contributed by atoms with E-state index in [9.17, 15) is 8.42 Å². The highest BCUT2D eigenvalue weighted by atomic mass is 32.2. The van der Waals surface area contributed by atoms with Crippen LogP contribution in [0.15, 0.2) is 113 Å². The number of hydrogen-bond donors (Lipinski definition) is 0. The van der Waals surface area contributed by atoms with Crippen molar-refractivity contribution in [2.75, 3.05) is 46.8 Å². The predicted octanol–water partition coefficient (Wildman–Crippen LogP) is 6.38. The van der Waals surface area contributed by atoms with Crippen LogP contribution in [0.3, 0.4) is 0 Å². The third-order valence-electron chi connectivity index (χ3n) is 7.91. The molecule has 1 aliphatic heterocycles. The van der Waals surface area contributed by atoms with Gasteiger partial charge in [-0.1, -0.05) is 42.5 Å². The molecule has 0 radical (unpaired) electrons. The van der Waals surface area contributed by atoms with Gasteiger partial charge in [0.2, 0.25) is 0 Å². The van der Waals surface area contributed by atoms with Gasteiger partial charge in [-0.05, 0) is 79.1 Å². The lowest BCUT2D eigenvalue weighted by Gasteiger charge is -2.39. The number of furan rings is 1. The van der Waals surface area contributed by atoms with Crippen molar-refractivity contribution in [3.8, 4) is 6.07 Å². The molecule has 42 heavy (non-hydrogen) atoms. The minimum atomic E-state index is -3.90. The van der Waals surface area contributed by atoms with Gasteiger partial charge in [0.05, 0.1) is 34.2 Å². The summed E-state index contributed by atoms with van der Waals surface area (Å²) in [6.45, 7) is 5.27. The lowest BCUT2D eigenvalue weighted by molar-refractivity contribution is 0.590. The van der Waals surface area contributed by atoms with Crippen LogP contribution in [0.1, 0.15) is 16.7 Å². The van der Waals surface area contributed by atoms with Crippen molar-refractivity contribution in [1.29, 1.82) is 5.26 Å². The van der Waals surface area contributed by atoms with Crippen LogP contribution >= 0.6 is 0 Å².